The number of rotatable bonds is 6. The molecule has 0 fully saturated rings. The summed E-state index contributed by atoms with van der Waals surface area (Å²) >= 11 is 9.59. The second-order valence-electron chi connectivity index (χ2n) is 4.25. The lowest BCUT2D eigenvalue weighted by molar-refractivity contribution is 0.297. The van der Waals surface area contributed by atoms with Crippen molar-refractivity contribution in [3.05, 3.63) is 57.3 Å². The van der Waals surface area contributed by atoms with E-state index >= 15 is 0 Å². The van der Waals surface area contributed by atoms with E-state index in [0.29, 0.717) is 18.2 Å². The summed E-state index contributed by atoms with van der Waals surface area (Å²) < 4.78 is 6.79. The average molecular weight is 356 g/mol. The van der Waals surface area contributed by atoms with Crippen LogP contribution in [0, 0.1) is 0 Å². The van der Waals surface area contributed by atoms with Crippen molar-refractivity contribution in [1.82, 2.24) is 10.3 Å². The fraction of sp³-hybridized carbons (Fsp3) is 0.267. The van der Waals surface area contributed by atoms with E-state index in [2.05, 4.69) is 33.2 Å². The third-order valence-electron chi connectivity index (χ3n) is 2.79. The van der Waals surface area contributed by atoms with E-state index in [0.717, 1.165) is 28.0 Å². The van der Waals surface area contributed by atoms with E-state index in [4.69, 9.17) is 16.3 Å². The summed E-state index contributed by atoms with van der Waals surface area (Å²) in [7, 11) is 0. The second-order valence-corrected chi connectivity index (χ2v) is 5.58. The van der Waals surface area contributed by atoms with Gasteiger partial charge in [-0.05, 0) is 46.7 Å². The van der Waals surface area contributed by atoms with Crippen molar-refractivity contribution in [2.24, 2.45) is 0 Å². The van der Waals surface area contributed by atoms with Gasteiger partial charge in [-0.2, -0.15) is 0 Å². The number of nitrogens with one attached hydrogen (secondary N) is 1. The van der Waals surface area contributed by atoms with Gasteiger partial charge in [-0.15, -0.1) is 0 Å². The van der Waals surface area contributed by atoms with Crippen LogP contribution in [0.5, 0.6) is 5.75 Å². The number of hydrogen-bond acceptors (Lipinski definition) is 3. The number of pyridine rings is 1. The topological polar surface area (TPSA) is 34.1 Å². The molecule has 1 aromatic heterocycles. The summed E-state index contributed by atoms with van der Waals surface area (Å²) in [5.74, 6) is 0.795. The quantitative estimate of drug-likeness (QED) is 0.844. The van der Waals surface area contributed by atoms with Gasteiger partial charge in [0.15, 0.2) is 0 Å². The third-order valence-corrected chi connectivity index (χ3v) is 3.62. The van der Waals surface area contributed by atoms with Crippen molar-refractivity contribution in [1.29, 1.82) is 0 Å². The first-order valence-electron chi connectivity index (χ1n) is 6.42. The molecule has 0 aliphatic heterocycles. The van der Waals surface area contributed by atoms with Crippen LogP contribution in [0.1, 0.15) is 18.2 Å². The van der Waals surface area contributed by atoms with E-state index in [-0.39, 0.29) is 0 Å². The Hall–Kier alpha value is -1.10. The molecule has 0 unspecified atom stereocenters. The number of benzene rings is 1. The Morgan fingerprint density at radius 2 is 2.15 bits per heavy atom. The Kier molecular flexibility index (Phi) is 5.83. The highest BCUT2D eigenvalue weighted by molar-refractivity contribution is 9.10. The van der Waals surface area contributed by atoms with Crippen molar-refractivity contribution < 1.29 is 4.74 Å². The van der Waals surface area contributed by atoms with Gasteiger partial charge in [-0.25, -0.2) is 0 Å². The van der Waals surface area contributed by atoms with E-state index in [9.17, 15) is 0 Å². The molecule has 1 aromatic carbocycles. The van der Waals surface area contributed by atoms with Crippen LogP contribution in [0.2, 0.25) is 5.02 Å². The molecule has 0 bridgehead atoms. The standard InChI is InChI=1S/C15H16BrClN2O/c1-2-18-9-13-14(17)4-3-5-15(13)20-10-12-7-6-11(16)8-19-12/h3-8,18H,2,9-10H2,1H3. The van der Waals surface area contributed by atoms with Gasteiger partial charge >= 0.3 is 0 Å². The zero-order chi connectivity index (χ0) is 14.4. The average Bonchev–Trinajstić information content (AvgIpc) is 2.46. The van der Waals surface area contributed by atoms with Crippen molar-refractivity contribution in [3.8, 4) is 5.75 Å². The highest BCUT2D eigenvalue weighted by Gasteiger charge is 2.08. The number of hydrogen-bond donors (Lipinski definition) is 1. The molecular weight excluding hydrogens is 340 g/mol. The van der Waals surface area contributed by atoms with Crippen LogP contribution in [0.15, 0.2) is 41.0 Å². The van der Waals surface area contributed by atoms with Crippen LogP contribution in [0.3, 0.4) is 0 Å². The first-order valence-corrected chi connectivity index (χ1v) is 7.59. The van der Waals surface area contributed by atoms with Gasteiger partial charge < -0.3 is 10.1 Å². The molecule has 2 rings (SSSR count). The van der Waals surface area contributed by atoms with Crippen LogP contribution >= 0.6 is 27.5 Å². The minimum absolute atomic E-state index is 0.423. The monoisotopic (exact) mass is 354 g/mol. The van der Waals surface area contributed by atoms with E-state index in [1.165, 1.54) is 0 Å². The maximum atomic E-state index is 6.23. The first-order chi connectivity index (χ1) is 9.70. The van der Waals surface area contributed by atoms with Crippen LogP contribution in [-0.4, -0.2) is 11.5 Å². The van der Waals surface area contributed by atoms with Crippen LogP contribution in [0.4, 0.5) is 0 Å². The van der Waals surface area contributed by atoms with Crippen LogP contribution in [0.25, 0.3) is 0 Å². The summed E-state index contributed by atoms with van der Waals surface area (Å²) in [5, 5.41) is 3.98. The molecule has 1 N–H and O–H groups in total. The largest absolute Gasteiger partial charge is 0.487 e. The Morgan fingerprint density at radius 1 is 1.30 bits per heavy atom. The number of nitrogens with zero attached hydrogens (tertiary/aromatic N) is 1. The van der Waals surface area contributed by atoms with Gasteiger partial charge in [-0.1, -0.05) is 24.6 Å². The molecule has 0 radical (unpaired) electrons. The molecule has 2 aromatic rings. The van der Waals surface area contributed by atoms with Gasteiger partial charge in [-0.3, -0.25) is 4.98 Å². The molecule has 0 amide bonds. The highest BCUT2D eigenvalue weighted by Crippen LogP contribution is 2.27. The van der Waals surface area contributed by atoms with Crippen molar-refractivity contribution in [2.75, 3.05) is 6.54 Å². The smallest absolute Gasteiger partial charge is 0.130 e. The zero-order valence-electron chi connectivity index (χ0n) is 11.2. The number of aromatic nitrogens is 1. The van der Waals surface area contributed by atoms with Crippen LogP contribution in [-0.2, 0) is 13.2 Å². The predicted octanol–water partition coefficient (Wildman–Crippen LogP) is 4.19. The molecule has 5 heteroatoms. The lowest BCUT2D eigenvalue weighted by Crippen LogP contribution is -2.13. The highest BCUT2D eigenvalue weighted by atomic mass is 79.9. The molecule has 20 heavy (non-hydrogen) atoms. The molecule has 0 saturated heterocycles. The summed E-state index contributed by atoms with van der Waals surface area (Å²) in [4.78, 5) is 4.29. The zero-order valence-corrected chi connectivity index (χ0v) is 13.5. The lowest BCUT2D eigenvalue weighted by Gasteiger charge is -2.13. The summed E-state index contributed by atoms with van der Waals surface area (Å²) in [6.07, 6.45) is 1.76. The van der Waals surface area contributed by atoms with E-state index in [1.54, 1.807) is 6.20 Å². The maximum Gasteiger partial charge on any atom is 0.130 e. The van der Waals surface area contributed by atoms with E-state index in [1.807, 2.05) is 30.3 Å². The molecule has 106 valence electrons. The molecule has 0 saturated carbocycles. The molecule has 0 aliphatic carbocycles. The lowest BCUT2D eigenvalue weighted by atomic mass is 10.2. The Morgan fingerprint density at radius 3 is 2.85 bits per heavy atom. The van der Waals surface area contributed by atoms with Gasteiger partial charge in [0.1, 0.15) is 12.4 Å². The second kappa shape index (κ2) is 7.62. The Bertz CT molecular complexity index is 560. The van der Waals surface area contributed by atoms with Gasteiger partial charge in [0.25, 0.3) is 0 Å². The van der Waals surface area contributed by atoms with Crippen molar-refractivity contribution >= 4 is 27.5 Å². The van der Waals surface area contributed by atoms with Crippen molar-refractivity contribution in [2.45, 2.75) is 20.1 Å². The molecule has 1 heterocycles. The molecule has 3 nitrogen and oxygen atoms in total. The number of ether oxygens (including phenoxy) is 1. The van der Waals surface area contributed by atoms with Gasteiger partial charge in [0, 0.05) is 27.8 Å². The summed E-state index contributed by atoms with van der Waals surface area (Å²) in [6.45, 7) is 4.06. The molecular formula is C15H16BrClN2O. The summed E-state index contributed by atoms with van der Waals surface area (Å²) in [6, 6.07) is 9.57. The van der Waals surface area contributed by atoms with Gasteiger partial charge in [0.2, 0.25) is 0 Å². The number of halogens is 2. The fourth-order valence-electron chi connectivity index (χ4n) is 1.74. The molecule has 0 spiro atoms. The minimum Gasteiger partial charge on any atom is -0.487 e. The Labute approximate surface area is 132 Å². The molecule has 0 aliphatic rings. The normalized spacial score (nSPS) is 10.6. The maximum absolute atomic E-state index is 6.23. The SMILES string of the molecule is CCNCc1c(Cl)cccc1OCc1ccc(Br)cn1. The van der Waals surface area contributed by atoms with Gasteiger partial charge in [0.05, 0.1) is 5.69 Å². The Balaban J connectivity index is 2.08. The van der Waals surface area contributed by atoms with Crippen LogP contribution < -0.4 is 10.1 Å². The predicted molar refractivity (Wildman–Crippen MR) is 85.1 cm³/mol. The third kappa shape index (κ3) is 4.20. The summed E-state index contributed by atoms with van der Waals surface area (Å²) in [5.41, 5.74) is 1.86. The minimum atomic E-state index is 0.423. The molecule has 0 atom stereocenters. The fourth-order valence-corrected chi connectivity index (χ4v) is 2.21. The van der Waals surface area contributed by atoms with E-state index < -0.39 is 0 Å². The van der Waals surface area contributed by atoms with Crippen molar-refractivity contribution in [3.63, 3.8) is 0 Å². The first kappa shape index (κ1) is 15.3.